The first kappa shape index (κ1) is 16.8. The van der Waals surface area contributed by atoms with Crippen molar-refractivity contribution < 1.29 is 18.7 Å². The zero-order valence-electron chi connectivity index (χ0n) is 12.6. The van der Waals surface area contributed by atoms with Gasteiger partial charge in [-0.05, 0) is 18.2 Å². The van der Waals surface area contributed by atoms with Crippen LogP contribution in [0, 0.1) is 5.82 Å². The van der Waals surface area contributed by atoms with Crippen LogP contribution in [0.15, 0.2) is 42.5 Å². The van der Waals surface area contributed by atoms with Crippen LogP contribution in [0.2, 0.25) is 5.02 Å². The van der Waals surface area contributed by atoms with Crippen molar-refractivity contribution in [1.29, 1.82) is 0 Å². The molecule has 0 aliphatic carbocycles. The Labute approximate surface area is 138 Å². The molecule has 120 valence electrons. The number of anilines is 1. The van der Waals surface area contributed by atoms with Crippen LogP contribution in [0.3, 0.4) is 0 Å². The lowest BCUT2D eigenvalue weighted by atomic mass is 10.2. The second kappa shape index (κ2) is 7.65. The fourth-order valence-electron chi connectivity index (χ4n) is 1.89. The van der Waals surface area contributed by atoms with Gasteiger partial charge in [-0.25, -0.2) is 4.39 Å². The van der Waals surface area contributed by atoms with Crippen LogP contribution in [0.1, 0.15) is 5.56 Å². The van der Waals surface area contributed by atoms with Crippen molar-refractivity contribution >= 4 is 29.3 Å². The molecule has 6 heteroatoms. The maximum absolute atomic E-state index is 13.6. The zero-order chi connectivity index (χ0) is 16.8. The summed E-state index contributed by atoms with van der Waals surface area (Å²) in [6.07, 6.45) is 2.53. The summed E-state index contributed by atoms with van der Waals surface area (Å²) in [4.78, 5) is 12.0. The molecule has 2 aromatic rings. The minimum atomic E-state index is -0.496. The molecular weight excluding hydrogens is 321 g/mol. The van der Waals surface area contributed by atoms with Gasteiger partial charge in [-0.3, -0.25) is 4.79 Å². The lowest BCUT2D eigenvalue weighted by Gasteiger charge is -2.08. The first-order valence-electron chi connectivity index (χ1n) is 6.69. The van der Waals surface area contributed by atoms with Crippen LogP contribution in [-0.2, 0) is 4.79 Å². The number of halogens is 2. The summed E-state index contributed by atoms with van der Waals surface area (Å²) < 4.78 is 23.9. The highest BCUT2D eigenvalue weighted by atomic mass is 35.5. The maximum Gasteiger partial charge on any atom is 0.248 e. The number of ether oxygens (including phenoxy) is 2. The van der Waals surface area contributed by atoms with E-state index in [-0.39, 0.29) is 10.6 Å². The molecule has 2 rings (SSSR count). The van der Waals surface area contributed by atoms with Crippen molar-refractivity contribution in [1.82, 2.24) is 0 Å². The summed E-state index contributed by atoms with van der Waals surface area (Å²) in [6.45, 7) is 0. The normalized spacial score (nSPS) is 10.6. The third kappa shape index (κ3) is 4.47. The molecule has 0 heterocycles. The van der Waals surface area contributed by atoms with E-state index in [1.807, 2.05) is 0 Å². The third-order valence-corrected chi connectivity index (χ3v) is 3.35. The highest BCUT2D eigenvalue weighted by molar-refractivity contribution is 6.32. The summed E-state index contributed by atoms with van der Waals surface area (Å²) >= 11 is 5.90. The summed E-state index contributed by atoms with van der Waals surface area (Å²) in [5.41, 5.74) is 0.656. The Kier molecular flexibility index (Phi) is 5.60. The molecular formula is C17H15ClFNO3. The Hall–Kier alpha value is -2.53. The Morgan fingerprint density at radius 2 is 1.83 bits per heavy atom. The van der Waals surface area contributed by atoms with Gasteiger partial charge in [0.05, 0.1) is 19.2 Å². The zero-order valence-corrected chi connectivity index (χ0v) is 13.4. The van der Waals surface area contributed by atoms with E-state index in [1.54, 1.807) is 24.3 Å². The Balaban J connectivity index is 2.15. The second-order valence-corrected chi connectivity index (χ2v) is 4.97. The molecule has 0 saturated heterocycles. The van der Waals surface area contributed by atoms with E-state index in [0.717, 1.165) is 0 Å². The van der Waals surface area contributed by atoms with Crippen molar-refractivity contribution in [3.63, 3.8) is 0 Å². The van der Waals surface area contributed by atoms with Gasteiger partial charge in [-0.2, -0.15) is 0 Å². The van der Waals surface area contributed by atoms with E-state index in [1.165, 1.54) is 38.5 Å². The average Bonchev–Trinajstić information content (AvgIpc) is 2.53. The second-order valence-electron chi connectivity index (χ2n) is 4.56. The molecule has 23 heavy (non-hydrogen) atoms. The molecule has 0 unspecified atom stereocenters. The topological polar surface area (TPSA) is 47.6 Å². The van der Waals surface area contributed by atoms with Gasteiger partial charge in [0, 0.05) is 35.5 Å². The standard InChI is InChI=1S/C17H15ClFNO3/c1-22-12-8-11(9-13(10-12)23-2)20-17(21)7-6-14-15(18)4-3-5-16(14)19/h3-10H,1-2H3,(H,20,21)/b7-6+. The van der Waals surface area contributed by atoms with Gasteiger partial charge in [-0.1, -0.05) is 17.7 Å². The molecule has 0 atom stereocenters. The molecule has 4 nitrogen and oxygen atoms in total. The molecule has 0 aliphatic rings. The van der Waals surface area contributed by atoms with Gasteiger partial charge in [0.1, 0.15) is 17.3 Å². The van der Waals surface area contributed by atoms with E-state index in [2.05, 4.69) is 5.32 Å². The van der Waals surface area contributed by atoms with Gasteiger partial charge in [0.2, 0.25) is 5.91 Å². The maximum atomic E-state index is 13.6. The minimum Gasteiger partial charge on any atom is -0.497 e. The van der Waals surface area contributed by atoms with Crippen LogP contribution < -0.4 is 14.8 Å². The summed E-state index contributed by atoms with van der Waals surface area (Å²) in [5.74, 6) is 0.158. The molecule has 0 aromatic heterocycles. The molecule has 0 radical (unpaired) electrons. The number of benzene rings is 2. The van der Waals surface area contributed by atoms with Gasteiger partial charge in [0.25, 0.3) is 0 Å². The fraction of sp³-hybridized carbons (Fsp3) is 0.118. The Bertz CT molecular complexity index is 704. The first-order valence-corrected chi connectivity index (χ1v) is 7.07. The number of methoxy groups -OCH3 is 2. The predicted octanol–water partition coefficient (Wildman–Crippen LogP) is 4.15. The van der Waals surface area contributed by atoms with Crippen molar-refractivity contribution in [3.05, 3.63) is 58.9 Å². The van der Waals surface area contributed by atoms with Gasteiger partial charge >= 0.3 is 0 Å². The van der Waals surface area contributed by atoms with Crippen LogP contribution in [0.25, 0.3) is 6.08 Å². The predicted molar refractivity (Wildman–Crippen MR) is 88.6 cm³/mol. The third-order valence-electron chi connectivity index (χ3n) is 3.02. The van der Waals surface area contributed by atoms with Gasteiger partial charge in [-0.15, -0.1) is 0 Å². The summed E-state index contributed by atoms with van der Waals surface area (Å²) in [7, 11) is 3.03. The average molecular weight is 336 g/mol. The van der Waals surface area contributed by atoms with Crippen molar-refractivity contribution in [3.8, 4) is 11.5 Å². The van der Waals surface area contributed by atoms with E-state index in [9.17, 15) is 9.18 Å². The van der Waals surface area contributed by atoms with E-state index < -0.39 is 11.7 Å². The molecule has 0 fully saturated rings. The van der Waals surface area contributed by atoms with Crippen LogP contribution in [-0.4, -0.2) is 20.1 Å². The molecule has 2 aromatic carbocycles. The number of carbonyl (C=O) groups excluding carboxylic acids is 1. The van der Waals surface area contributed by atoms with E-state index in [4.69, 9.17) is 21.1 Å². The number of hydrogen-bond acceptors (Lipinski definition) is 3. The molecule has 0 bridgehead atoms. The minimum absolute atomic E-state index is 0.160. The molecule has 1 N–H and O–H groups in total. The SMILES string of the molecule is COc1cc(NC(=O)/C=C/c2c(F)cccc2Cl)cc(OC)c1. The van der Waals surface area contributed by atoms with Crippen molar-refractivity contribution in [2.45, 2.75) is 0 Å². The van der Waals surface area contributed by atoms with E-state index in [0.29, 0.717) is 17.2 Å². The Morgan fingerprint density at radius 3 is 2.39 bits per heavy atom. The monoisotopic (exact) mass is 335 g/mol. The number of carbonyl (C=O) groups is 1. The van der Waals surface area contributed by atoms with Crippen molar-refractivity contribution in [2.24, 2.45) is 0 Å². The summed E-state index contributed by atoms with van der Waals surface area (Å²) in [5, 5.41) is 2.88. The molecule has 0 spiro atoms. The van der Waals surface area contributed by atoms with Crippen LogP contribution in [0.4, 0.5) is 10.1 Å². The van der Waals surface area contributed by atoms with Crippen LogP contribution >= 0.6 is 11.6 Å². The number of rotatable bonds is 5. The lowest BCUT2D eigenvalue weighted by molar-refractivity contribution is -0.111. The lowest BCUT2D eigenvalue weighted by Crippen LogP contribution is -2.08. The van der Waals surface area contributed by atoms with E-state index >= 15 is 0 Å². The first-order chi connectivity index (χ1) is 11.0. The molecule has 1 amide bonds. The fourth-order valence-corrected chi connectivity index (χ4v) is 2.12. The molecule has 0 saturated carbocycles. The van der Waals surface area contributed by atoms with Gasteiger partial charge < -0.3 is 14.8 Å². The highest BCUT2D eigenvalue weighted by Gasteiger charge is 2.06. The number of amides is 1. The number of hydrogen-bond donors (Lipinski definition) is 1. The van der Waals surface area contributed by atoms with Gasteiger partial charge in [0.15, 0.2) is 0 Å². The quantitative estimate of drug-likeness (QED) is 0.835. The Morgan fingerprint density at radius 1 is 1.17 bits per heavy atom. The summed E-state index contributed by atoms with van der Waals surface area (Å²) in [6, 6.07) is 9.29. The van der Waals surface area contributed by atoms with Crippen LogP contribution in [0.5, 0.6) is 11.5 Å². The highest BCUT2D eigenvalue weighted by Crippen LogP contribution is 2.26. The van der Waals surface area contributed by atoms with Crippen molar-refractivity contribution in [2.75, 3.05) is 19.5 Å². The molecule has 0 aliphatic heterocycles. The number of nitrogens with one attached hydrogen (secondary N) is 1. The largest absolute Gasteiger partial charge is 0.497 e. The smallest absolute Gasteiger partial charge is 0.248 e.